The Hall–Kier alpha value is -2.34. The van der Waals surface area contributed by atoms with Gasteiger partial charge >= 0.3 is 6.18 Å². The highest BCUT2D eigenvalue weighted by atomic mass is 32.2. The average Bonchev–Trinajstić information content (AvgIpc) is 2.56. The predicted octanol–water partition coefficient (Wildman–Crippen LogP) is 4.90. The van der Waals surface area contributed by atoms with Gasteiger partial charge in [0.1, 0.15) is 0 Å². The molecule has 6 heteroatoms. The van der Waals surface area contributed by atoms with Crippen molar-refractivity contribution in [1.29, 1.82) is 0 Å². The Balaban J connectivity index is 1.74. The lowest BCUT2D eigenvalue weighted by Gasteiger charge is -2.14. The summed E-state index contributed by atoms with van der Waals surface area (Å²) in [5.41, 5.74) is 0.669. The first-order valence-electron chi connectivity index (χ1n) is 7.05. The second-order valence-electron chi connectivity index (χ2n) is 5.23. The van der Waals surface area contributed by atoms with Crippen molar-refractivity contribution >= 4 is 23.3 Å². The number of fused-ring (bicyclic) bond motifs is 1. The van der Waals surface area contributed by atoms with Gasteiger partial charge in [-0.25, -0.2) is 0 Å². The Morgan fingerprint density at radius 1 is 0.875 bits per heavy atom. The van der Waals surface area contributed by atoms with E-state index in [2.05, 4.69) is 0 Å². The van der Waals surface area contributed by atoms with Crippen LogP contribution in [0.5, 0.6) is 0 Å². The number of rotatable bonds is 3. The molecule has 0 aromatic heterocycles. The maximum atomic E-state index is 12.5. The van der Waals surface area contributed by atoms with Gasteiger partial charge in [0.2, 0.25) is 0 Å². The van der Waals surface area contributed by atoms with E-state index in [1.165, 1.54) is 18.2 Å². The number of allylic oxidation sites excluding steroid dienone is 2. The van der Waals surface area contributed by atoms with E-state index in [1.54, 1.807) is 24.3 Å². The van der Waals surface area contributed by atoms with Crippen LogP contribution >= 0.6 is 11.8 Å². The van der Waals surface area contributed by atoms with Crippen LogP contribution < -0.4 is 0 Å². The van der Waals surface area contributed by atoms with E-state index in [0.29, 0.717) is 27.3 Å². The molecule has 122 valence electrons. The van der Waals surface area contributed by atoms with E-state index in [9.17, 15) is 22.8 Å². The minimum absolute atomic E-state index is 0.234. The number of carbonyl (C=O) groups excluding carboxylic acids is 2. The standard InChI is InChI=1S/C18H11F3O2S/c19-18(20,21)12-7-5-11(6-8-12)10-24-16-9-15(22)13-3-1-2-4-14(13)17(16)23/h1-9H,10H2. The monoisotopic (exact) mass is 348 g/mol. The maximum absolute atomic E-state index is 12.5. The van der Waals surface area contributed by atoms with Gasteiger partial charge in [0.05, 0.1) is 10.5 Å². The molecule has 0 spiro atoms. The second-order valence-corrected chi connectivity index (χ2v) is 6.25. The third-order valence-corrected chi connectivity index (χ3v) is 4.69. The van der Waals surface area contributed by atoms with Gasteiger partial charge in [-0.15, -0.1) is 11.8 Å². The summed E-state index contributed by atoms with van der Waals surface area (Å²) < 4.78 is 37.6. The van der Waals surface area contributed by atoms with Crippen molar-refractivity contribution in [2.45, 2.75) is 11.9 Å². The molecule has 0 aliphatic heterocycles. The van der Waals surface area contributed by atoms with Crippen LogP contribution in [0.3, 0.4) is 0 Å². The zero-order chi connectivity index (χ0) is 17.3. The number of alkyl halides is 3. The molecule has 2 nitrogen and oxygen atoms in total. The summed E-state index contributed by atoms with van der Waals surface area (Å²) in [6, 6.07) is 11.3. The first-order chi connectivity index (χ1) is 11.4. The van der Waals surface area contributed by atoms with E-state index in [4.69, 9.17) is 0 Å². The van der Waals surface area contributed by atoms with Gasteiger partial charge in [-0.3, -0.25) is 9.59 Å². The first kappa shape index (κ1) is 16.5. The van der Waals surface area contributed by atoms with E-state index in [1.807, 2.05) is 0 Å². The Labute approximate surface area is 140 Å². The van der Waals surface area contributed by atoms with Gasteiger partial charge < -0.3 is 0 Å². The fourth-order valence-electron chi connectivity index (χ4n) is 2.35. The minimum atomic E-state index is -4.37. The highest BCUT2D eigenvalue weighted by molar-refractivity contribution is 8.03. The number of hydrogen-bond acceptors (Lipinski definition) is 3. The summed E-state index contributed by atoms with van der Waals surface area (Å²) in [5.74, 6) is -0.159. The molecule has 2 aromatic rings. The molecule has 3 rings (SSSR count). The Bertz CT molecular complexity index is 836. The molecule has 24 heavy (non-hydrogen) atoms. The van der Waals surface area contributed by atoms with Crippen LogP contribution in [0.1, 0.15) is 31.8 Å². The first-order valence-corrected chi connectivity index (χ1v) is 8.03. The molecule has 2 aromatic carbocycles. The summed E-state index contributed by atoms with van der Waals surface area (Å²) in [4.78, 5) is 24.7. The average molecular weight is 348 g/mol. The van der Waals surface area contributed by atoms with Crippen molar-refractivity contribution in [3.05, 3.63) is 81.8 Å². The van der Waals surface area contributed by atoms with Crippen LogP contribution in [0, 0.1) is 0 Å². The molecule has 1 aliphatic carbocycles. The van der Waals surface area contributed by atoms with Crippen LogP contribution in [0.25, 0.3) is 0 Å². The van der Waals surface area contributed by atoms with Gasteiger partial charge in [-0.1, -0.05) is 36.4 Å². The van der Waals surface area contributed by atoms with Gasteiger partial charge in [0.25, 0.3) is 0 Å². The fraction of sp³-hybridized carbons (Fsp3) is 0.111. The number of carbonyl (C=O) groups is 2. The Kier molecular flexibility index (Phi) is 4.32. The van der Waals surface area contributed by atoms with Crippen LogP contribution in [0.4, 0.5) is 13.2 Å². The van der Waals surface area contributed by atoms with E-state index in [0.717, 1.165) is 23.9 Å². The van der Waals surface area contributed by atoms with Crippen LogP contribution in [0.15, 0.2) is 59.5 Å². The number of Topliss-reactive ketones (excluding diaryl/α,β-unsaturated/α-hetero) is 1. The number of thioether (sulfide) groups is 1. The number of ketones is 2. The van der Waals surface area contributed by atoms with Crippen LogP contribution in [0.2, 0.25) is 0 Å². The normalized spacial score (nSPS) is 14.4. The van der Waals surface area contributed by atoms with Crippen molar-refractivity contribution in [3.63, 3.8) is 0 Å². The zero-order valence-corrected chi connectivity index (χ0v) is 13.1. The predicted molar refractivity (Wildman–Crippen MR) is 85.9 cm³/mol. The molecule has 0 atom stereocenters. The highest BCUT2D eigenvalue weighted by Crippen LogP contribution is 2.32. The topological polar surface area (TPSA) is 34.1 Å². The zero-order valence-electron chi connectivity index (χ0n) is 12.3. The van der Waals surface area contributed by atoms with Crippen molar-refractivity contribution < 1.29 is 22.8 Å². The molecule has 0 fully saturated rings. The van der Waals surface area contributed by atoms with Crippen LogP contribution in [-0.2, 0) is 11.9 Å². The molecule has 0 amide bonds. The molecule has 0 saturated carbocycles. The summed E-state index contributed by atoms with van der Waals surface area (Å²) in [7, 11) is 0. The summed E-state index contributed by atoms with van der Waals surface area (Å²) in [6.45, 7) is 0. The summed E-state index contributed by atoms with van der Waals surface area (Å²) >= 11 is 1.15. The van der Waals surface area contributed by atoms with Gasteiger partial charge in [0, 0.05) is 23.0 Å². The summed E-state index contributed by atoms with van der Waals surface area (Å²) in [6.07, 6.45) is -3.08. The second kappa shape index (κ2) is 6.28. The molecule has 0 saturated heterocycles. The third kappa shape index (κ3) is 3.28. The highest BCUT2D eigenvalue weighted by Gasteiger charge is 2.30. The van der Waals surface area contributed by atoms with Crippen molar-refractivity contribution in [2.75, 3.05) is 0 Å². The summed E-state index contributed by atoms with van der Waals surface area (Å²) in [5, 5.41) is 0. The molecule has 1 aliphatic rings. The molecular formula is C18H11F3O2S. The molecule has 0 bridgehead atoms. The van der Waals surface area contributed by atoms with Crippen molar-refractivity contribution in [1.82, 2.24) is 0 Å². The molecular weight excluding hydrogens is 337 g/mol. The number of halogens is 3. The van der Waals surface area contributed by atoms with Gasteiger partial charge in [-0.2, -0.15) is 13.2 Å². The van der Waals surface area contributed by atoms with Crippen molar-refractivity contribution in [2.24, 2.45) is 0 Å². The van der Waals surface area contributed by atoms with Gasteiger partial charge in [0.15, 0.2) is 11.6 Å². The Morgan fingerprint density at radius 2 is 1.50 bits per heavy atom. The lowest BCUT2D eigenvalue weighted by molar-refractivity contribution is -0.137. The van der Waals surface area contributed by atoms with Crippen LogP contribution in [-0.4, -0.2) is 11.6 Å². The smallest absolute Gasteiger partial charge is 0.289 e. The number of benzene rings is 2. The minimum Gasteiger partial charge on any atom is -0.289 e. The quantitative estimate of drug-likeness (QED) is 0.791. The molecule has 0 unspecified atom stereocenters. The number of hydrogen-bond donors (Lipinski definition) is 0. The lowest BCUT2D eigenvalue weighted by atomic mass is 9.95. The van der Waals surface area contributed by atoms with Crippen molar-refractivity contribution in [3.8, 4) is 0 Å². The van der Waals surface area contributed by atoms with E-state index < -0.39 is 11.7 Å². The third-order valence-electron chi connectivity index (χ3n) is 3.60. The van der Waals surface area contributed by atoms with E-state index in [-0.39, 0.29) is 11.6 Å². The fourth-order valence-corrected chi connectivity index (χ4v) is 3.30. The van der Waals surface area contributed by atoms with E-state index >= 15 is 0 Å². The lowest BCUT2D eigenvalue weighted by Crippen LogP contribution is -2.15. The molecule has 0 radical (unpaired) electrons. The molecule has 0 heterocycles. The molecule has 0 N–H and O–H groups in total. The largest absolute Gasteiger partial charge is 0.416 e. The maximum Gasteiger partial charge on any atom is 0.416 e. The SMILES string of the molecule is O=C1C=C(SCc2ccc(C(F)(F)F)cc2)C(=O)c2ccccc21. The Morgan fingerprint density at radius 3 is 2.12 bits per heavy atom. The van der Waals surface area contributed by atoms with Gasteiger partial charge in [-0.05, 0) is 17.7 Å².